The third-order valence-corrected chi connectivity index (χ3v) is 6.71. The summed E-state index contributed by atoms with van der Waals surface area (Å²) in [5, 5.41) is 20.5. The number of nitrogens with zero attached hydrogens (tertiary/aromatic N) is 3. The first-order chi connectivity index (χ1) is 17.6. The fraction of sp³-hybridized carbons (Fsp3) is 0.0645. The lowest BCUT2D eigenvalue weighted by atomic mass is 9.78. The minimum Gasteiger partial charge on any atom is -0.336 e. The highest BCUT2D eigenvalue weighted by Crippen LogP contribution is 2.50. The molecule has 0 saturated heterocycles. The molecule has 0 fully saturated rings. The van der Waals surface area contributed by atoms with Crippen LogP contribution in [-0.2, 0) is 0 Å². The van der Waals surface area contributed by atoms with Crippen molar-refractivity contribution in [2.45, 2.75) is 12.0 Å². The van der Waals surface area contributed by atoms with E-state index in [4.69, 9.17) is 11.6 Å². The Morgan fingerprint density at radius 2 is 1.42 bits per heavy atom. The van der Waals surface area contributed by atoms with Crippen LogP contribution in [0.25, 0.3) is 5.57 Å². The van der Waals surface area contributed by atoms with Gasteiger partial charge in [-0.15, -0.1) is 0 Å². The van der Waals surface area contributed by atoms with Crippen molar-refractivity contribution in [1.29, 1.82) is 10.5 Å². The third kappa shape index (κ3) is 4.05. The quantitative estimate of drug-likeness (QED) is 0.293. The molecule has 5 rings (SSSR count). The number of nitriles is 2. The van der Waals surface area contributed by atoms with E-state index in [-0.39, 0.29) is 11.4 Å². The Labute approximate surface area is 215 Å². The molecule has 0 unspecified atom stereocenters. The minimum atomic E-state index is -0.614. The van der Waals surface area contributed by atoms with Crippen LogP contribution in [0.5, 0.6) is 0 Å². The average molecular weight is 486 g/mol. The number of hydrogen-bond donors (Lipinski definition) is 0. The Balaban J connectivity index is 1.82. The van der Waals surface area contributed by atoms with E-state index >= 15 is 0 Å². The van der Waals surface area contributed by atoms with Gasteiger partial charge in [-0.1, -0.05) is 90.5 Å². The fourth-order valence-electron chi connectivity index (χ4n) is 4.93. The monoisotopic (exact) mass is 485 g/mol. The van der Waals surface area contributed by atoms with E-state index in [2.05, 4.69) is 12.1 Å². The highest BCUT2D eigenvalue weighted by molar-refractivity contribution is 6.30. The molecule has 0 spiro atoms. The molecular weight excluding hydrogens is 466 g/mol. The Morgan fingerprint density at radius 1 is 0.806 bits per heavy atom. The first-order valence-electron chi connectivity index (χ1n) is 11.5. The fourth-order valence-corrected chi connectivity index (χ4v) is 5.06. The molecule has 2 aliphatic rings. The predicted octanol–water partition coefficient (Wildman–Crippen LogP) is 6.83. The van der Waals surface area contributed by atoms with E-state index in [0.29, 0.717) is 16.2 Å². The molecule has 0 aliphatic carbocycles. The zero-order chi connectivity index (χ0) is 25.1. The van der Waals surface area contributed by atoms with Gasteiger partial charge >= 0.3 is 0 Å². The van der Waals surface area contributed by atoms with Crippen LogP contribution in [0.1, 0.15) is 27.4 Å². The van der Waals surface area contributed by atoms with E-state index in [9.17, 15) is 15.3 Å². The number of allylic oxidation sites excluding steroid dienone is 5. The normalized spacial score (nSPS) is 17.8. The molecule has 3 aromatic rings. The molecule has 5 heteroatoms. The third-order valence-electron chi connectivity index (χ3n) is 6.45. The molecule has 0 bridgehead atoms. The van der Waals surface area contributed by atoms with Crippen LogP contribution in [0.2, 0.25) is 5.02 Å². The van der Waals surface area contributed by atoms with Crippen LogP contribution in [0.3, 0.4) is 0 Å². The molecule has 0 N–H and O–H groups in total. The Kier molecular flexibility index (Phi) is 6.37. The number of Topliss-reactive ketones (excluding diaryl/α,β-unsaturated/α-hetero) is 1. The van der Waals surface area contributed by atoms with Crippen molar-refractivity contribution in [3.8, 4) is 12.1 Å². The summed E-state index contributed by atoms with van der Waals surface area (Å²) in [6.07, 6.45) is 7.61. The Morgan fingerprint density at radius 3 is 2.03 bits per heavy atom. The van der Waals surface area contributed by atoms with E-state index in [1.54, 1.807) is 12.1 Å². The summed E-state index contributed by atoms with van der Waals surface area (Å²) in [5.41, 5.74) is 4.28. The highest BCUT2D eigenvalue weighted by atomic mass is 35.5. The van der Waals surface area contributed by atoms with E-state index < -0.39 is 12.0 Å². The van der Waals surface area contributed by atoms with Crippen LogP contribution in [0.15, 0.2) is 126 Å². The van der Waals surface area contributed by atoms with E-state index in [1.165, 1.54) is 0 Å². The number of benzene rings is 3. The molecule has 4 nitrogen and oxygen atoms in total. The number of hydrogen-bond acceptors (Lipinski definition) is 4. The van der Waals surface area contributed by atoms with Gasteiger partial charge in [0.15, 0.2) is 5.78 Å². The largest absolute Gasteiger partial charge is 0.336 e. The number of fused-ring (bicyclic) bond motifs is 1. The predicted molar refractivity (Wildman–Crippen MR) is 140 cm³/mol. The van der Waals surface area contributed by atoms with E-state index in [0.717, 1.165) is 22.4 Å². The first-order valence-corrected chi connectivity index (χ1v) is 11.8. The maximum atomic E-state index is 14.1. The number of halogens is 1. The van der Waals surface area contributed by atoms with Gasteiger partial charge in [-0.3, -0.25) is 4.79 Å². The zero-order valence-electron chi connectivity index (χ0n) is 19.2. The summed E-state index contributed by atoms with van der Waals surface area (Å²) in [5.74, 6) is -0.504. The van der Waals surface area contributed by atoms with Gasteiger partial charge in [0.05, 0.1) is 0 Å². The topological polar surface area (TPSA) is 67.9 Å². The van der Waals surface area contributed by atoms with E-state index in [1.807, 2.05) is 102 Å². The summed E-state index contributed by atoms with van der Waals surface area (Å²) in [6, 6.07) is 29.6. The molecule has 2 aliphatic heterocycles. The second kappa shape index (κ2) is 9.92. The molecule has 0 radical (unpaired) electrons. The average Bonchev–Trinajstić information content (AvgIpc) is 3.27. The van der Waals surface area contributed by atoms with Crippen molar-refractivity contribution >= 4 is 23.0 Å². The van der Waals surface area contributed by atoms with Crippen molar-refractivity contribution in [3.63, 3.8) is 0 Å². The van der Waals surface area contributed by atoms with Crippen molar-refractivity contribution < 1.29 is 4.79 Å². The standard InChI is InChI=1S/C31H20ClN3O/c32-25-16-14-22(15-17-25)28-29(27(24(19-33)20-34)21-9-3-1-4-10-21)26-13-7-8-18-35(26)30(28)31(36)23-11-5-2-6-12-23/h1-18,28,30H/t28-,30-/m0/s1. The molecule has 0 aromatic heterocycles. The molecule has 0 amide bonds. The molecule has 36 heavy (non-hydrogen) atoms. The molecular formula is C31H20ClN3O. The number of rotatable bonds is 5. The van der Waals surface area contributed by atoms with Crippen LogP contribution < -0.4 is 0 Å². The summed E-state index contributed by atoms with van der Waals surface area (Å²) in [4.78, 5) is 16.0. The lowest BCUT2D eigenvalue weighted by Crippen LogP contribution is -2.37. The van der Waals surface area contributed by atoms with Gasteiger partial charge in [-0.25, -0.2) is 0 Å². The second-order valence-electron chi connectivity index (χ2n) is 8.45. The minimum absolute atomic E-state index is 0.00150. The number of ketones is 1. The molecule has 0 saturated carbocycles. The van der Waals surface area contributed by atoms with Crippen molar-refractivity contribution in [1.82, 2.24) is 4.90 Å². The smallest absolute Gasteiger partial charge is 0.186 e. The molecule has 172 valence electrons. The van der Waals surface area contributed by atoms with Gasteiger partial charge in [0.2, 0.25) is 0 Å². The highest BCUT2D eigenvalue weighted by Gasteiger charge is 2.46. The molecule has 3 aromatic carbocycles. The lowest BCUT2D eigenvalue weighted by molar-refractivity contribution is 0.0897. The maximum absolute atomic E-state index is 14.1. The molecule has 2 atom stereocenters. The zero-order valence-corrected chi connectivity index (χ0v) is 19.9. The summed E-state index contributed by atoms with van der Waals surface area (Å²) < 4.78 is 0. The van der Waals surface area contributed by atoms with Gasteiger partial charge < -0.3 is 4.90 Å². The van der Waals surface area contributed by atoms with Crippen molar-refractivity contribution in [2.75, 3.05) is 0 Å². The second-order valence-corrected chi connectivity index (χ2v) is 8.89. The van der Waals surface area contributed by atoms with Crippen LogP contribution in [-0.4, -0.2) is 16.7 Å². The van der Waals surface area contributed by atoms with Gasteiger partial charge in [-0.05, 0) is 41.0 Å². The summed E-state index contributed by atoms with van der Waals surface area (Å²) in [7, 11) is 0. The van der Waals surface area contributed by atoms with Crippen molar-refractivity contribution in [3.05, 3.63) is 148 Å². The van der Waals surface area contributed by atoms with Crippen LogP contribution >= 0.6 is 11.6 Å². The molecule has 2 heterocycles. The van der Waals surface area contributed by atoms with Gasteiger partial charge in [0.1, 0.15) is 23.8 Å². The van der Waals surface area contributed by atoms with Gasteiger partial charge in [0.25, 0.3) is 0 Å². The number of carbonyl (C=O) groups is 1. The Bertz CT molecular complexity index is 1500. The first kappa shape index (κ1) is 23.1. The Hall–Kier alpha value is -4.64. The van der Waals surface area contributed by atoms with Crippen molar-refractivity contribution in [2.24, 2.45) is 0 Å². The lowest BCUT2D eigenvalue weighted by Gasteiger charge is -2.29. The van der Waals surface area contributed by atoms with Crippen LogP contribution in [0, 0.1) is 22.7 Å². The SMILES string of the molecule is N#CC(C#N)=C(C1=C2C=CC=CN2[C@H](C(=O)c2ccccc2)[C@H]1c1ccc(Cl)cc1)c1ccccc1. The van der Waals surface area contributed by atoms with Crippen LogP contribution in [0.4, 0.5) is 0 Å². The van der Waals surface area contributed by atoms with Gasteiger partial charge in [0, 0.05) is 34.0 Å². The maximum Gasteiger partial charge on any atom is 0.186 e. The summed E-state index contributed by atoms with van der Waals surface area (Å²) in [6.45, 7) is 0. The number of carbonyl (C=O) groups excluding carboxylic acids is 1. The van der Waals surface area contributed by atoms with Gasteiger partial charge in [-0.2, -0.15) is 10.5 Å². The summed E-state index contributed by atoms with van der Waals surface area (Å²) >= 11 is 6.22.